The maximum Gasteiger partial charge on any atom is 0.233 e. The maximum atomic E-state index is 4.38. The van der Waals surface area contributed by atoms with Crippen LogP contribution in [0, 0.1) is 0 Å². The Morgan fingerprint density at radius 2 is 1.04 bits per heavy atom. The Bertz CT molecular complexity index is 887. The molecule has 0 saturated carbocycles. The van der Waals surface area contributed by atoms with E-state index in [4.69, 9.17) is 0 Å². The molecule has 2 heterocycles. The van der Waals surface area contributed by atoms with E-state index < -0.39 is 9.43 Å². The monoisotopic (exact) mass is 406 g/mol. The van der Waals surface area contributed by atoms with Gasteiger partial charge in [-0.3, -0.25) is 9.44 Å². The molecule has 4 aromatic rings. The SMILES string of the molecule is c1ccc(SS(Nc2ncccn2)(Nc2ncccn2)c2ccccc2)cc1. The van der Waals surface area contributed by atoms with Gasteiger partial charge in [-0.2, -0.15) is 0 Å². The third kappa shape index (κ3) is 4.41. The van der Waals surface area contributed by atoms with E-state index in [9.17, 15) is 0 Å². The van der Waals surface area contributed by atoms with Gasteiger partial charge in [0.2, 0.25) is 11.9 Å². The van der Waals surface area contributed by atoms with Gasteiger partial charge >= 0.3 is 0 Å². The van der Waals surface area contributed by atoms with E-state index in [1.54, 1.807) is 47.7 Å². The summed E-state index contributed by atoms with van der Waals surface area (Å²) >= 11 is 0. The Labute approximate surface area is 168 Å². The van der Waals surface area contributed by atoms with Gasteiger partial charge in [0.15, 0.2) is 0 Å². The lowest BCUT2D eigenvalue weighted by molar-refractivity contribution is 1.17. The number of benzene rings is 2. The number of hydrogen-bond acceptors (Lipinski definition) is 7. The lowest BCUT2D eigenvalue weighted by Gasteiger charge is -2.40. The van der Waals surface area contributed by atoms with Gasteiger partial charge in [-0.15, -0.1) is 0 Å². The second-order valence-electron chi connectivity index (χ2n) is 5.61. The van der Waals surface area contributed by atoms with E-state index in [1.165, 1.54) is 0 Å². The molecule has 0 aliphatic heterocycles. The molecule has 2 aromatic heterocycles. The van der Waals surface area contributed by atoms with Crippen molar-refractivity contribution >= 4 is 32.1 Å². The molecule has 140 valence electrons. The third-order valence-electron chi connectivity index (χ3n) is 3.64. The van der Waals surface area contributed by atoms with Gasteiger partial charge in [0, 0.05) is 34.6 Å². The van der Waals surface area contributed by atoms with Crippen molar-refractivity contribution in [2.75, 3.05) is 9.44 Å². The largest absolute Gasteiger partial charge is 0.288 e. The van der Waals surface area contributed by atoms with Crippen molar-refractivity contribution < 1.29 is 0 Å². The molecule has 0 amide bonds. The summed E-state index contributed by atoms with van der Waals surface area (Å²) in [6.07, 6.45) is 6.88. The van der Waals surface area contributed by atoms with Gasteiger partial charge in [0.05, 0.1) is 0 Å². The topological polar surface area (TPSA) is 75.6 Å². The smallest absolute Gasteiger partial charge is 0.233 e. The summed E-state index contributed by atoms with van der Waals surface area (Å²) in [6.45, 7) is 0. The quantitative estimate of drug-likeness (QED) is 0.409. The van der Waals surface area contributed by atoms with Crippen molar-refractivity contribution in [2.45, 2.75) is 9.79 Å². The molecular formula is C20H18N6S2. The Balaban J connectivity index is 1.82. The first-order valence-electron chi connectivity index (χ1n) is 8.57. The molecule has 2 aromatic carbocycles. The van der Waals surface area contributed by atoms with E-state index in [0.717, 1.165) is 9.79 Å². The second kappa shape index (κ2) is 8.73. The van der Waals surface area contributed by atoms with Crippen molar-refractivity contribution in [3.05, 3.63) is 97.6 Å². The highest BCUT2D eigenvalue weighted by atomic mass is 33.2. The summed E-state index contributed by atoms with van der Waals surface area (Å²) in [5, 5.41) is 0. The standard InChI is InChI=1S/C20H18N6S2/c1-3-9-17(10-4-1)27-28(18-11-5-2-6-12-18,25-19-21-13-7-14-22-19)26-20-23-15-8-16-24-20/h1-16H,(H,21,22,25)(H,23,24,26). The minimum atomic E-state index is -1.97. The summed E-state index contributed by atoms with van der Waals surface area (Å²) in [5.74, 6) is 1.07. The van der Waals surface area contributed by atoms with Gasteiger partial charge in [-0.05, 0) is 56.6 Å². The minimum absolute atomic E-state index is 0.535. The van der Waals surface area contributed by atoms with Gasteiger partial charge in [-0.25, -0.2) is 19.9 Å². The Morgan fingerprint density at radius 3 is 1.54 bits per heavy atom. The average molecular weight is 407 g/mol. The zero-order valence-electron chi connectivity index (χ0n) is 14.8. The maximum absolute atomic E-state index is 4.38. The normalized spacial score (nSPS) is 11.6. The lowest BCUT2D eigenvalue weighted by atomic mass is 10.4. The zero-order valence-corrected chi connectivity index (χ0v) is 16.5. The highest BCUT2D eigenvalue weighted by Crippen LogP contribution is 2.66. The third-order valence-corrected chi connectivity index (χ3v) is 8.64. The van der Waals surface area contributed by atoms with Gasteiger partial charge in [-0.1, -0.05) is 36.4 Å². The van der Waals surface area contributed by atoms with E-state index in [2.05, 4.69) is 53.6 Å². The molecule has 0 unspecified atom stereocenters. The summed E-state index contributed by atoms with van der Waals surface area (Å²) in [4.78, 5) is 19.7. The lowest BCUT2D eigenvalue weighted by Crippen LogP contribution is -2.19. The second-order valence-corrected chi connectivity index (χ2v) is 10.2. The molecule has 0 atom stereocenters. The Morgan fingerprint density at radius 1 is 0.571 bits per heavy atom. The fourth-order valence-corrected chi connectivity index (χ4v) is 7.23. The van der Waals surface area contributed by atoms with Crippen molar-refractivity contribution in [1.82, 2.24) is 19.9 Å². The van der Waals surface area contributed by atoms with Crippen LogP contribution in [0.15, 0.2) is 107 Å². The fourth-order valence-electron chi connectivity index (χ4n) is 2.43. The number of rotatable bonds is 7. The van der Waals surface area contributed by atoms with Crippen LogP contribution in [0.25, 0.3) is 0 Å². The van der Waals surface area contributed by atoms with E-state index in [0.29, 0.717) is 11.9 Å². The number of anilines is 2. The summed E-state index contributed by atoms with van der Waals surface area (Å²) < 4.78 is 7.08. The first kappa shape index (κ1) is 18.3. The first-order chi connectivity index (χ1) is 13.8. The van der Waals surface area contributed by atoms with Crippen LogP contribution in [0.4, 0.5) is 11.9 Å². The predicted molar refractivity (Wildman–Crippen MR) is 116 cm³/mol. The van der Waals surface area contributed by atoms with Crippen LogP contribution in [-0.4, -0.2) is 19.9 Å². The van der Waals surface area contributed by atoms with Crippen molar-refractivity contribution in [3.8, 4) is 0 Å². The summed E-state index contributed by atoms with van der Waals surface area (Å²) in [7, 11) is -0.288. The molecule has 6 nitrogen and oxygen atoms in total. The van der Waals surface area contributed by atoms with Crippen LogP contribution in [0.2, 0.25) is 0 Å². The Kier molecular flexibility index (Phi) is 5.69. The van der Waals surface area contributed by atoms with Crippen LogP contribution < -0.4 is 9.44 Å². The van der Waals surface area contributed by atoms with E-state index in [1.807, 2.05) is 36.4 Å². The number of nitrogens with zero attached hydrogens (tertiary/aromatic N) is 4. The average Bonchev–Trinajstić information content (AvgIpc) is 2.76. The van der Waals surface area contributed by atoms with Gasteiger partial charge in [0.1, 0.15) is 0 Å². The van der Waals surface area contributed by atoms with E-state index in [-0.39, 0.29) is 0 Å². The number of hydrogen-bond donors (Lipinski definition) is 2. The fraction of sp³-hybridized carbons (Fsp3) is 0. The van der Waals surface area contributed by atoms with Crippen LogP contribution in [0.1, 0.15) is 0 Å². The molecule has 8 heteroatoms. The summed E-state index contributed by atoms with van der Waals surface area (Å²) in [6, 6.07) is 24.0. The van der Waals surface area contributed by atoms with Crippen molar-refractivity contribution in [1.29, 1.82) is 0 Å². The van der Waals surface area contributed by atoms with Crippen LogP contribution in [0.3, 0.4) is 0 Å². The molecule has 0 aliphatic carbocycles. The molecule has 2 N–H and O–H groups in total. The molecule has 0 saturated heterocycles. The minimum Gasteiger partial charge on any atom is -0.288 e. The molecule has 0 fully saturated rings. The molecule has 0 radical (unpaired) electrons. The van der Waals surface area contributed by atoms with Gasteiger partial charge in [0.25, 0.3) is 0 Å². The molecule has 28 heavy (non-hydrogen) atoms. The molecule has 4 rings (SSSR count). The number of aromatic nitrogens is 4. The van der Waals surface area contributed by atoms with E-state index >= 15 is 0 Å². The highest BCUT2D eigenvalue weighted by Gasteiger charge is 2.30. The van der Waals surface area contributed by atoms with Crippen LogP contribution >= 0.6 is 20.2 Å². The zero-order chi connectivity index (χ0) is 19.1. The Hall–Kier alpha value is -3.10. The predicted octanol–water partition coefficient (Wildman–Crippen LogP) is 5.19. The molecule has 0 aliphatic rings. The van der Waals surface area contributed by atoms with Crippen LogP contribution in [0.5, 0.6) is 0 Å². The molecule has 0 bridgehead atoms. The summed E-state index contributed by atoms with van der Waals surface area (Å²) in [5.41, 5.74) is 0. The molecular weight excluding hydrogens is 388 g/mol. The number of nitrogens with one attached hydrogen (secondary N) is 2. The van der Waals surface area contributed by atoms with Crippen molar-refractivity contribution in [3.63, 3.8) is 0 Å². The molecule has 0 spiro atoms. The highest BCUT2D eigenvalue weighted by molar-refractivity contribution is 8.95. The first-order valence-corrected chi connectivity index (χ1v) is 11.5. The van der Waals surface area contributed by atoms with Crippen molar-refractivity contribution in [2.24, 2.45) is 0 Å². The van der Waals surface area contributed by atoms with Crippen LogP contribution in [-0.2, 0) is 0 Å². The van der Waals surface area contributed by atoms with Gasteiger partial charge < -0.3 is 0 Å².